The van der Waals surface area contributed by atoms with Gasteiger partial charge in [-0.05, 0) is 12.1 Å². The second-order valence-electron chi connectivity index (χ2n) is 4.98. The van der Waals surface area contributed by atoms with Crippen molar-refractivity contribution in [2.75, 3.05) is 45.5 Å². The van der Waals surface area contributed by atoms with E-state index in [1.165, 1.54) is 0 Å². The van der Waals surface area contributed by atoms with E-state index in [1.807, 2.05) is 4.90 Å². The molecule has 1 saturated heterocycles. The van der Waals surface area contributed by atoms with Gasteiger partial charge in [0, 0.05) is 33.2 Å². The molecule has 1 aliphatic rings. The number of nitrogens with two attached hydrogens (primary N) is 1. The van der Waals surface area contributed by atoms with Crippen molar-refractivity contribution in [3.63, 3.8) is 0 Å². The van der Waals surface area contributed by atoms with E-state index in [0.29, 0.717) is 32.7 Å². The van der Waals surface area contributed by atoms with Gasteiger partial charge in [0.2, 0.25) is 5.91 Å². The number of carbonyl (C=O) groups is 2. The molecule has 0 atom stereocenters. The van der Waals surface area contributed by atoms with E-state index >= 15 is 0 Å². The van der Waals surface area contributed by atoms with Crippen LogP contribution in [-0.2, 0) is 4.79 Å². The average Bonchev–Trinajstić information content (AvgIpc) is 2.50. The predicted octanol–water partition coefficient (Wildman–Crippen LogP) is -0.522. The number of nitrogens with one attached hydrogen (secondary N) is 1. The second kappa shape index (κ2) is 6.45. The molecule has 0 spiro atoms. The number of para-hydroxylation sites is 1. The minimum Gasteiger partial charge on any atom is -0.505 e. The van der Waals surface area contributed by atoms with Crippen molar-refractivity contribution in [3.8, 4) is 5.75 Å². The molecule has 7 nitrogen and oxygen atoms in total. The van der Waals surface area contributed by atoms with E-state index in [9.17, 15) is 14.7 Å². The molecule has 0 saturated carbocycles. The number of piperazine rings is 1. The number of anilines is 1. The number of aromatic hydroxyl groups is 1. The van der Waals surface area contributed by atoms with E-state index in [2.05, 4.69) is 5.32 Å². The lowest BCUT2D eigenvalue weighted by Crippen LogP contribution is -2.50. The summed E-state index contributed by atoms with van der Waals surface area (Å²) in [6.45, 7) is 2.63. The molecule has 0 radical (unpaired) electrons. The molecule has 1 aromatic carbocycles. The molecule has 1 aromatic rings. The van der Waals surface area contributed by atoms with Crippen molar-refractivity contribution < 1.29 is 14.7 Å². The van der Waals surface area contributed by atoms with Gasteiger partial charge in [0.25, 0.3) is 5.91 Å². The van der Waals surface area contributed by atoms with Crippen LogP contribution in [0.15, 0.2) is 18.2 Å². The van der Waals surface area contributed by atoms with Crippen LogP contribution in [0.3, 0.4) is 0 Å². The SMILES string of the molecule is CNC(=O)CN1CCN(C(=O)c2cccc(N)c2O)CC1. The third-order valence-electron chi connectivity index (χ3n) is 3.60. The van der Waals surface area contributed by atoms with Crippen molar-refractivity contribution in [1.29, 1.82) is 0 Å². The van der Waals surface area contributed by atoms with Crippen molar-refractivity contribution in [2.45, 2.75) is 0 Å². The Hall–Kier alpha value is -2.28. The summed E-state index contributed by atoms with van der Waals surface area (Å²) in [5.74, 6) is -0.446. The first-order valence-electron chi connectivity index (χ1n) is 6.82. The normalized spacial score (nSPS) is 15.8. The topological polar surface area (TPSA) is 98.9 Å². The molecule has 2 amide bonds. The highest BCUT2D eigenvalue weighted by atomic mass is 16.3. The summed E-state index contributed by atoms with van der Waals surface area (Å²) in [4.78, 5) is 27.3. The Kier molecular flexibility index (Phi) is 4.64. The van der Waals surface area contributed by atoms with E-state index in [1.54, 1.807) is 30.1 Å². The fraction of sp³-hybridized carbons (Fsp3) is 0.429. The Morgan fingerprint density at radius 2 is 1.95 bits per heavy atom. The van der Waals surface area contributed by atoms with Gasteiger partial charge in [-0.15, -0.1) is 0 Å². The summed E-state index contributed by atoms with van der Waals surface area (Å²) in [7, 11) is 1.60. The lowest BCUT2D eigenvalue weighted by atomic mass is 10.1. The third kappa shape index (κ3) is 3.43. The van der Waals surface area contributed by atoms with Gasteiger partial charge < -0.3 is 21.1 Å². The number of hydrogen-bond donors (Lipinski definition) is 3. The molecular formula is C14H20N4O3. The summed E-state index contributed by atoms with van der Waals surface area (Å²) in [5, 5.41) is 12.4. The molecule has 0 aliphatic carbocycles. The highest BCUT2D eigenvalue weighted by molar-refractivity contribution is 5.98. The standard InChI is InChI=1S/C14H20N4O3/c1-16-12(19)9-17-5-7-18(8-6-17)14(21)10-3-2-4-11(15)13(10)20/h2-4,20H,5-9,15H2,1H3,(H,16,19). The smallest absolute Gasteiger partial charge is 0.257 e. The Balaban J connectivity index is 1.97. The third-order valence-corrected chi connectivity index (χ3v) is 3.60. The number of rotatable bonds is 3. The van der Waals surface area contributed by atoms with Crippen LogP contribution >= 0.6 is 0 Å². The molecular weight excluding hydrogens is 272 g/mol. The van der Waals surface area contributed by atoms with Gasteiger partial charge in [0.05, 0.1) is 17.8 Å². The van der Waals surface area contributed by atoms with Crippen LogP contribution in [0.4, 0.5) is 5.69 Å². The molecule has 1 heterocycles. The summed E-state index contributed by atoms with van der Waals surface area (Å²) >= 11 is 0. The van der Waals surface area contributed by atoms with Crippen LogP contribution in [0.2, 0.25) is 0 Å². The largest absolute Gasteiger partial charge is 0.505 e. The van der Waals surface area contributed by atoms with Crippen LogP contribution < -0.4 is 11.1 Å². The highest BCUT2D eigenvalue weighted by Crippen LogP contribution is 2.25. The molecule has 0 unspecified atom stereocenters. The predicted molar refractivity (Wildman–Crippen MR) is 78.9 cm³/mol. The van der Waals surface area contributed by atoms with Gasteiger partial charge in [0.15, 0.2) is 5.75 Å². The molecule has 0 bridgehead atoms. The average molecular weight is 292 g/mol. The van der Waals surface area contributed by atoms with E-state index in [-0.39, 0.29) is 28.8 Å². The number of amides is 2. The lowest BCUT2D eigenvalue weighted by Gasteiger charge is -2.34. The van der Waals surface area contributed by atoms with Gasteiger partial charge in [-0.25, -0.2) is 0 Å². The van der Waals surface area contributed by atoms with Crippen LogP contribution in [-0.4, -0.2) is 66.5 Å². The Bertz CT molecular complexity index is 539. The first kappa shape index (κ1) is 15.1. The monoisotopic (exact) mass is 292 g/mol. The van der Waals surface area contributed by atoms with Gasteiger partial charge >= 0.3 is 0 Å². The van der Waals surface area contributed by atoms with Crippen molar-refractivity contribution in [1.82, 2.24) is 15.1 Å². The molecule has 1 fully saturated rings. The van der Waals surface area contributed by atoms with Crippen molar-refractivity contribution >= 4 is 17.5 Å². The first-order valence-corrected chi connectivity index (χ1v) is 6.82. The molecule has 1 aliphatic heterocycles. The number of likely N-dealkylation sites (N-methyl/N-ethyl adjacent to an activating group) is 1. The molecule has 2 rings (SSSR count). The van der Waals surface area contributed by atoms with E-state index in [0.717, 1.165) is 0 Å². The summed E-state index contributed by atoms with van der Waals surface area (Å²) in [6.07, 6.45) is 0. The zero-order valence-electron chi connectivity index (χ0n) is 12.0. The van der Waals surface area contributed by atoms with Crippen molar-refractivity contribution in [2.24, 2.45) is 0 Å². The minimum atomic E-state index is -0.237. The van der Waals surface area contributed by atoms with Crippen LogP contribution in [0.5, 0.6) is 5.75 Å². The number of nitrogen functional groups attached to an aromatic ring is 1. The molecule has 21 heavy (non-hydrogen) atoms. The second-order valence-corrected chi connectivity index (χ2v) is 4.98. The van der Waals surface area contributed by atoms with Gasteiger partial charge in [0.1, 0.15) is 0 Å². The minimum absolute atomic E-state index is 0.0387. The van der Waals surface area contributed by atoms with Gasteiger partial charge in [-0.1, -0.05) is 6.07 Å². The molecule has 114 valence electrons. The van der Waals surface area contributed by atoms with E-state index < -0.39 is 0 Å². The fourth-order valence-corrected chi connectivity index (χ4v) is 2.30. The summed E-state index contributed by atoms with van der Waals surface area (Å²) < 4.78 is 0. The Morgan fingerprint density at radius 1 is 1.29 bits per heavy atom. The maximum absolute atomic E-state index is 12.4. The quantitative estimate of drug-likeness (QED) is 0.514. The Labute approximate surface area is 123 Å². The molecule has 7 heteroatoms. The first-order chi connectivity index (χ1) is 10.0. The number of benzene rings is 1. The van der Waals surface area contributed by atoms with Crippen LogP contribution in [0.1, 0.15) is 10.4 Å². The van der Waals surface area contributed by atoms with E-state index in [4.69, 9.17) is 5.73 Å². The number of hydrogen-bond acceptors (Lipinski definition) is 5. The number of phenols is 1. The molecule has 0 aromatic heterocycles. The van der Waals surface area contributed by atoms with Gasteiger partial charge in [-0.2, -0.15) is 0 Å². The summed E-state index contributed by atoms with van der Waals surface area (Å²) in [6, 6.07) is 4.75. The van der Waals surface area contributed by atoms with Crippen LogP contribution in [0, 0.1) is 0 Å². The zero-order valence-corrected chi connectivity index (χ0v) is 12.0. The summed E-state index contributed by atoms with van der Waals surface area (Å²) in [5.41, 5.74) is 6.02. The maximum Gasteiger partial charge on any atom is 0.257 e. The number of phenolic OH excluding ortho intramolecular Hbond substituents is 1. The Morgan fingerprint density at radius 3 is 2.57 bits per heavy atom. The lowest BCUT2D eigenvalue weighted by molar-refractivity contribution is -0.122. The number of carbonyl (C=O) groups excluding carboxylic acids is 2. The maximum atomic E-state index is 12.4. The van der Waals surface area contributed by atoms with Crippen LogP contribution in [0.25, 0.3) is 0 Å². The van der Waals surface area contributed by atoms with Gasteiger partial charge in [-0.3, -0.25) is 14.5 Å². The highest BCUT2D eigenvalue weighted by Gasteiger charge is 2.25. The van der Waals surface area contributed by atoms with Crippen molar-refractivity contribution in [3.05, 3.63) is 23.8 Å². The fourth-order valence-electron chi connectivity index (χ4n) is 2.30. The zero-order chi connectivity index (χ0) is 15.4. The molecule has 4 N–H and O–H groups in total. The number of nitrogens with zero attached hydrogens (tertiary/aromatic N) is 2.